The summed E-state index contributed by atoms with van der Waals surface area (Å²) >= 11 is 1.89. The summed E-state index contributed by atoms with van der Waals surface area (Å²) in [5.41, 5.74) is 0. The number of carbonyl (C=O) groups excluding carboxylic acids is 6. The third kappa shape index (κ3) is 10.1. The van der Waals surface area contributed by atoms with Crippen molar-refractivity contribution in [1.82, 2.24) is 31.1 Å². The zero-order valence-corrected chi connectivity index (χ0v) is 26.7. The Labute approximate surface area is 267 Å². The number of thioether (sulfide) groups is 1. The second-order valence-corrected chi connectivity index (χ2v) is 12.9. The lowest BCUT2D eigenvalue weighted by atomic mass is 10.0. The van der Waals surface area contributed by atoms with Gasteiger partial charge in [0.25, 0.3) is 5.91 Å². The van der Waals surface area contributed by atoms with Crippen molar-refractivity contribution in [3.05, 3.63) is 0 Å². The quantitative estimate of drug-likeness (QED) is 0.0686. The van der Waals surface area contributed by atoms with Gasteiger partial charge < -0.3 is 35.5 Å². The smallest absolute Gasteiger partial charge is 0.315 e. The first kappa shape index (κ1) is 35.1. The Hall–Kier alpha value is -2.79. The van der Waals surface area contributed by atoms with Gasteiger partial charge in [0.2, 0.25) is 23.6 Å². The molecule has 4 fully saturated rings. The number of likely N-dealkylation sites (N-methyl/N-ethyl adjacent to an activating group) is 1. The lowest BCUT2D eigenvalue weighted by Crippen LogP contribution is -2.47. The molecular weight excluding hydrogens is 608 g/mol. The Morgan fingerprint density at radius 1 is 0.844 bits per heavy atom. The van der Waals surface area contributed by atoms with Gasteiger partial charge in [0.15, 0.2) is 0 Å². The van der Waals surface area contributed by atoms with Crippen molar-refractivity contribution in [3.8, 4) is 0 Å². The van der Waals surface area contributed by atoms with Gasteiger partial charge in [-0.2, -0.15) is 11.8 Å². The molecule has 0 bridgehead atoms. The Kier molecular flexibility index (Phi) is 13.9. The number of hydrogen-bond acceptors (Lipinski definition) is 11. The summed E-state index contributed by atoms with van der Waals surface area (Å²) in [5, 5.41) is 12.3. The number of nitrogens with one attached hydrogen (secondary N) is 4. The van der Waals surface area contributed by atoms with Crippen molar-refractivity contribution in [3.63, 3.8) is 0 Å². The zero-order valence-electron chi connectivity index (χ0n) is 25.9. The molecule has 0 saturated carbocycles. The molecule has 15 nitrogen and oxygen atoms in total. The van der Waals surface area contributed by atoms with Crippen molar-refractivity contribution in [1.29, 1.82) is 0 Å². The average molecular weight is 655 g/mol. The van der Waals surface area contributed by atoms with Gasteiger partial charge in [-0.05, 0) is 32.2 Å². The molecule has 4 N–H and O–H groups in total. The van der Waals surface area contributed by atoms with Gasteiger partial charge in [-0.1, -0.05) is 6.42 Å². The maximum absolute atomic E-state index is 12.6. The van der Waals surface area contributed by atoms with E-state index in [0.717, 1.165) is 41.2 Å². The predicted octanol–water partition coefficient (Wildman–Crippen LogP) is -0.867. The molecule has 4 aliphatic heterocycles. The van der Waals surface area contributed by atoms with Crippen LogP contribution in [0, 0.1) is 0 Å². The largest absolute Gasteiger partial charge is 0.379 e. The number of nitrogens with zero attached hydrogens (tertiary/aromatic N) is 2. The molecule has 0 spiro atoms. The molecule has 0 aromatic heterocycles. The first-order valence-corrected chi connectivity index (χ1v) is 16.9. The molecule has 0 aromatic rings. The van der Waals surface area contributed by atoms with Crippen molar-refractivity contribution in [2.24, 2.45) is 0 Å². The highest BCUT2D eigenvalue weighted by Gasteiger charge is 2.49. The van der Waals surface area contributed by atoms with Crippen molar-refractivity contribution >= 4 is 47.3 Å². The van der Waals surface area contributed by atoms with Crippen LogP contribution in [0.2, 0.25) is 0 Å². The lowest BCUT2D eigenvalue weighted by molar-refractivity contribution is -0.148. The molecule has 7 amide bonds. The number of amides is 7. The van der Waals surface area contributed by atoms with Crippen LogP contribution < -0.4 is 21.3 Å². The first-order valence-electron chi connectivity index (χ1n) is 15.8. The topological polar surface area (TPSA) is 185 Å². The average Bonchev–Trinajstić information content (AvgIpc) is 3.72. The Morgan fingerprint density at radius 3 is 2.22 bits per heavy atom. The van der Waals surface area contributed by atoms with Crippen LogP contribution in [0.1, 0.15) is 51.4 Å². The van der Waals surface area contributed by atoms with Crippen molar-refractivity contribution in [2.75, 3.05) is 65.5 Å². The minimum Gasteiger partial charge on any atom is -0.379 e. The summed E-state index contributed by atoms with van der Waals surface area (Å²) in [4.78, 5) is 74.3. The van der Waals surface area contributed by atoms with Gasteiger partial charge in [0.1, 0.15) is 6.04 Å². The summed E-state index contributed by atoms with van der Waals surface area (Å²) in [6.45, 7) is 3.76. The summed E-state index contributed by atoms with van der Waals surface area (Å²) in [6.07, 6.45) is 4.48. The Bertz CT molecular complexity index is 1080. The van der Waals surface area contributed by atoms with Crippen LogP contribution in [0.5, 0.6) is 0 Å². The van der Waals surface area contributed by atoms with E-state index in [1.54, 1.807) is 0 Å². The first-order chi connectivity index (χ1) is 21.8. The van der Waals surface area contributed by atoms with Crippen LogP contribution in [0.3, 0.4) is 0 Å². The highest BCUT2D eigenvalue weighted by molar-refractivity contribution is 8.00. The second-order valence-electron chi connectivity index (χ2n) is 11.6. The standard InChI is InChI=1S/C29H46N6O9S/c1-34-24(37)17-21(28(34)40)35-25(38)16-19(27(35)39)30-8-4-10-42-12-14-44-15-13-43-11-5-9-31-23(36)7-3-2-6-22-26-20(18-45-22)32-29(41)33-26/h19-22,26,30H,2-18H2,1H3,(H,31,36)(H2,32,33,41)/t19?,20-,21?,22-,26-/m0/s1. The fraction of sp³-hybridized carbons (Fsp3) is 0.793. The maximum atomic E-state index is 12.6. The highest BCUT2D eigenvalue weighted by atomic mass is 32.2. The molecule has 2 unspecified atom stereocenters. The number of rotatable bonds is 21. The van der Waals surface area contributed by atoms with Crippen LogP contribution in [-0.2, 0) is 38.2 Å². The predicted molar refractivity (Wildman–Crippen MR) is 163 cm³/mol. The highest BCUT2D eigenvalue weighted by Crippen LogP contribution is 2.33. The van der Waals surface area contributed by atoms with E-state index in [2.05, 4.69) is 21.3 Å². The zero-order chi connectivity index (χ0) is 32.2. The summed E-state index contributed by atoms with van der Waals surface area (Å²) in [5.74, 6) is -0.835. The number of likely N-dealkylation sites (tertiary alicyclic amines) is 2. The van der Waals surface area contributed by atoms with Gasteiger partial charge in [-0.15, -0.1) is 0 Å². The molecule has 4 saturated heterocycles. The lowest BCUT2D eigenvalue weighted by Gasteiger charge is -2.20. The summed E-state index contributed by atoms with van der Waals surface area (Å²) < 4.78 is 16.6. The number of ether oxygens (including phenoxy) is 3. The molecule has 0 radical (unpaired) electrons. The van der Waals surface area contributed by atoms with E-state index in [1.165, 1.54) is 7.05 Å². The van der Waals surface area contributed by atoms with Crippen molar-refractivity contribution in [2.45, 2.75) is 80.8 Å². The molecule has 4 rings (SSSR count). The van der Waals surface area contributed by atoms with Gasteiger partial charge in [-0.25, -0.2) is 4.79 Å². The molecule has 252 valence electrons. The fourth-order valence-electron chi connectivity index (χ4n) is 5.83. The number of urea groups is 1. The van der Waals surface area contributed by atoms with E-state index in [0.29, 0.717) is 70.8 Å². The van der Waals surface area contributed by atoms with E-state index in [9.17, 15) is 28.8 Å². The van der Waals surface area contributed by atoms with E-state index in [4.69, 9.17) is 14.2 Å². The molecule has 0 aliphatic carbocycles. The SMILES string of the molecule is CN1C(=O)CC(N2C(=O)CC(NCCCOCCOCCOCCCNC(=O)CCCC[C@@H]3SC[C@@H]4NC(=O)N[C@@H]43)C2=O)C1=O. The summed E-state index contributed by atoms with van der Waals surface area (Å²) in [7, 11) is 1.35. The van der Waals surface area contributed by atoms with Crippen LogP contribution in [0.15, 0.2) is 0 Å². The minimum absolute atomic E-state index is 0.0325. The van der Waals surface area contributed by atoms with Crippen LogP contribution in [-0.4, -0.2) is 140 Å². The normalized spacial score (nSPS) is 26.2. The number of fused-ring (bicyclic) bond motifs is 1. The van der Waals surface area contributed by atoms with Crippen LogP contribution in [0.4, 0.5) is 4.79 Å². The molecule has 4 aliphatic rings. The minimum atomic E-state index is -1.03. The van der Waals surface area contributed by atoms with Gasteiger partial charge >= 0.3 is 6.03 Å². The number of unbranched alkanes of at least 4 members (excludes halogenated alkanes) is 1. The molecule has 0 aromatic carbocycles. The molecule has 4 heterocycles. The van der Waals surface area contributed by atoms with Crippen LogP contribution in [0.25, 0.3) is 0 Å². The molecule has 16 heteroatoms. The third-order valence-corrected chi connectivity index (χ3v) is 9.83. The Balaban J connectivity index is 0.883. The van der Waals surface area contributed by atoms with Crippen molar-refractivity contribution < 1.29 is 43.0 Å². The number of carbonyl (C=O) groups is 6. The summed E-state index contributed by atoms with van der Waals surface area (Å²) in [6, 6.07) is -1.35. The molecule has 5 atom stereocenters. The molecule has 45 heavy (non-hydrogen) atoms. The Morgan fingerprint density at radius 2 is 1.53 bits per heavy atom. The van der Waals surface area contributed by atoms with Crippen LogP contribution >= 0.6 is 11.8 Å². The third-order valence-electron chi connectivity index (χ3n) is 8.32. The fourth-order valence-corrected chi connectivity index (χ4v) is 7.38. The van der Waals surface area contributed by atoms with Gasteiger partial charge in [0, 0.05) is 44.2 Å². The number of hydrogen-bond donors (Lipinski definition) is 4. The van der Waals surface area contributed by atoms with E-state index < -0.39 is 35.7 Å². The maximum Gasteiger partial charge on any atom is 0.315 e. The van der Waals surface area contributed by atoms with E-state index >= 15 is 0 Å². The van der Waals surface area contributed by atoms with Gasteiger partial charge in [0.05, 0.1) is 57.4 Å². The van der Waals surface area contributed by atoms with E-state index in [-0.39, 0.29) is 36.9 Å². The monoisotopic (exact) mass is 654 g/mol. The van der Waals surface area contributed by atoms with Gasteiger partial charge in [-0.3, -0.25) is 33.8 Å². The second kappa shape index (κ2) is 17.8. The van der Waals surface area contributed by atoms with E-state index in [1.807, 2.05) is 11.8 Å². The molecular formula is C29H46N6O9S. The number of imide groups is 2.